The lowest BCUT2D eigenvalue weighted by Crippen LogP contribution is -2.33. The molecule has 0 aromatic carbocycles. The van der Waals surface area contributed by atoms with Gasteiger partial charge in [-0.05, 0) is 26.2 Å². The molecule has 88 valence electrons. The Kier molecular flexibility index (Phi) is 2.96. The number of nitrogens with one attached hydrogen (secondary N) is 1. The summed E-state index contributed by atoms with van der Waals surface area (Å²) in [6.07, 6.45) is 5.37. The van der Waals surface area contributed by atoms with Crippen LogP contribution < -0.4 is 0 Å². The number of rotatable bonds is 1. The third kappa shape index (κ3) is 2.41. The molecule has 1 aromatic heterocycles. The Morgan fingerprint density at radius 3 is 3.06 bits per heavy atom. The van der Waals surface area contributed by atoms with E-state index < -0.39 is 5.60 Å². The Bertz CT molecular complexity index is 359. The predicted octanol–water partition coefficient (Wildman–Crippen LogP) is 0.787. The molecule has 0 aliphatic carbocycles. The lowest BCUT2D eigenvalue weighted by Gasteiger charge is -2.22. The van der Waals surface area contributed by atoms with Crippen LogP contribution in [0.4, 0.5) is 0 Å². The molecule has 1 amide bonds. The summed E-state index contributed by atoms with van der Waals surface area (Å²) < 4.78 is 0. The first kappa shape index (κ1) is 11.1. The van der Waals surface area contributed by atoms with E-state index in [2.05, 4.69) is 10.2 Å². The molecule has 1 saturated heterocycles. The van der Waals surface area contributed by atoms with Crippen LogP contribution in [0.5, 0.6) is 0 Å². The van der Waals surface area contributed by atoms with Crippen molar-refractivity contribution in [3.63, 3.8) is 0 Å². The van der Waals surface area contributed by atoms with E-state index in [9.17, 15) is 9.90 Å². The van der Waals surface area contributed by atoms with E-state index in [0.717, 1.165) is 12.8 Å². The molecular formula is C11H17N3O2. The van der Waals surface area contributed by atoms with Gasteiger partial charge in [0.05, 0.1) is 17.4 Å². The van der Waals surface area contributed by atoms with Crippen molar-refractivity contribution in [3.8, 4) is 0 Å². The van der Waals surface area contributed by atoms with Crippen LogP contribution in [0, 0.1) is 0 Å². The summed E-state index contributed by atoms with van der Waals surface area (Å²) >= 11 is 0. The van der Waals surface area contributed by atoms with Crippen LogP contribution in [0.3, 0.4) is 0 Å². The normalized spacial score (nSPS) is 26.5. The number of aliphatic hydroxyl groups is 1. The molecule has 5 heteroatoms. The number of hydrogen-bond donors (Lipinski definition) is 2. The summed E-state index contributed by atoms with van der Waals surface area (Å²) in [6.45, 7) is 3.15. The Balaban J connectivity index is 2.03. The van der Waals surface area contributed by atoms with E-state index >= 15 is 0 Å². The second kappa shape index (κ2) is 4.25. The fourth-order valence-electron chi connectivity index (χ4n) is 2.02. The molecule has 5 nitrogen and oxygen atoms in total. The second-order valence-electron chi connectivity index (χ2n) is 4.63. The highest BCUT2D eigenvalue weighted by Crippen LogP contribution is 2.22. The predicted molar refractivity (Wildman–Crippen MR) is 59.0 cm³/mol. The summed E-state index contributed by atoms with van der Waals surface area (Å²) in [7, 11) is 0. The Morgan fingerprint density at radius 1 is 1.56 bits per heavy atom. The topological polar surface area (TPSA) is 69.2 Å². The minimum atomic E-state index is -0.634. The number of likely N-dealkylation sites (tertiary alicyclic amines) is 1. The van der Waals surface area contributed by atoms with Crippen LogP contribution in [0.1, 0.15) is 36.5 Å². The zero-order valence-electron chi connectivity index (χ0n) is 9.44. The molecule has 1 atom stereocenters. The summed E-state index contributed by atoms with van der Waals surface area (Å²) in [5.41, 5.74) is -0.0487. The van der Waals surface area contributed by atoms with Gasteiger partial charge in [0.25, 0.3) is 5.91 Å². The van der Waals surface area contributed by atoms with E-state index in [1.165, 1.54) is 6.20 Å². The number of nitrogens with zero attached hydrogens (tertiary/aromatic N) is 2. The molecule has 1 aromatic rings. The molecule has 1 unspecified atom stereocenters. The maximum atomic E-state index is 12.0. The number of H-pyrrole nitrogens is 1. The van der Waals surface area contributed by atoms with Crippen molar-refractivity contribution in [1.29, 1.82) is 0 Å². The van der Waals surface area contributed by atoms with Crippen molar-refractivity contribution < 1.29 is 9.90 Å². The molecule has 2 rings (SSSR count). The van der Waals surface area contributed by atoms with Gasteiger partial charge in [-0.15, -0.1) is 0 Å². The van der Waals surface area contributed by atoms with Crippen molar-refractivity contribution in [3.05, 3.63) is 18.0 Å². The van der Waals surface area contributed by atoms with Crippen molar-refractivity contribution in [2.45, 2.75) is 31.8 Å². The average molecular weight is 223 g/mol. The summed E-state index contributed by atoms with van der Waals surface area (Å²) in [5.74, 6) is -0.00792. The van der Waals surface area contributed by atoms with E-state index in [0.29, 0.717) is 25.1 Å². The number of aromatic amines is 1. The van der Waals surface area contributed by atoms with Crippen molar-refractivity contribution in [1.82, 2.24) is 15.1 Å². The number of amides is 1. The highest BCUT2D eigenvalue weighted by molar-refractivity contribution is 5.93. The number of carbonyl (C=O) groups is 1. The van der Waals surface area contributed by atoms with E-state index in [1.54, 1.807) is 11.1 Å². The molecule has 0 spiro atoms. The maximum absolute atomic E-state index is 12.0. The quantitative estimate of drug-likeness (QED) is 0.739. The van der Waals surface area contributed by atoms with Crippen molar-refractivity contribution in [2.75, 3.05) is 13.1 Å². The van der Waals surface area contributed by atoms with Gasteiger partial charge >= 0.3 is 0 Å². The molecule has 16 heavy (non-hydrogen) atoms. The van der Waals surface area contributed by atoms with Gasteiger partial charge in [0, 0.05) is 19.3 Å². The average Bonchev–Trinajstić information content (AvgIpc) is 2.69. The largest absolute Gasteiger partial charge is 0.390 e. The second-order valence-corrected chi connectivity index (χ2v) is 4.63. The standard InChI is InChI=1S/C11H17N3O2/c1-11(16)3-2-5-14(6-4-11)10(15)9-7-12-13-8-9/h7-8,16H,2-6H2,1H3,(H,12,13). The zero-order valence-corrected chi connectivity index (χ0v) is 9.44. The van der Waals surface area contributed by atoms with Crippen LogP contribution in [-0.4, -0.2) is 44.8 Å². The monoisotopic (exact) mass is 223 g/mol. The fourth-order valence-corrected chi connectivity index (χ4v) is 2.02. The summed E-state index contributed by atoms with van der Waals surface area (Å²) in [6, 6.07) is 0. The first-order valence-electron chi connectivity index (χ1n) is 5.59. The van der Waals surface area contributed by atoms with Gasteiger partial charge in [-0.3, -0.25) is 9.89 Å². The SMILES string of the molecule is CC1(O)CCCN(C(=O)c2cn[nH]c2)CC1. The lowest BCUT2D eigenvalue weighted by molar-refractivity contribution is 0.0438. The summed E-state index contributed by atoms with van der Waals surface area (Å²) in [5, 5.41) is 16.3. The molecule has 1 aliphatic heterocycles. The fraction of sp³-hybridized carbons (Fsp3) is 0.636. The lowest BCUT2D eigenvalue weighted by atomic mass is 9.98. The Hall–Kier alpha value is -1.36. The molecule has 2 heterocycles. The van der Waals surface area contributed by atoms with Gasteiger partial charge < -0.3 is 10.0 Å². The third-order valence-corrected chi connectivity index (χ3v) is 3.10. The number of aromatic nitrogens is 2. The minimum Gasteiger partial charge on any atom is -0.390 e. The number of carbonyl (C=O) groups excluding carboxylic acids is 1. The molecule has 1 aliphatic rings. The van der Waals surface area contributed by atoms with Gasteiger partial charge in [-0.1, -0.05) is 0 Å². The van der Waals surface area contributed by atoms with Gasteiger partial charge in [0.2, 0.25) is 0 Å². The van der Waals surface area contributed by atoms with Gasteiger partial charge in [-0.25, -0.2) is 0 Å². The van der Waals surface area contributed by atoms with Crippen LogP contribution in [0.2, 0.25) is 0 Å². The van der Waals surface area contributed by atoms with E-state index in [-0.39, 0.29) is 5.91 Å². The van der Waals surface area contributed by atoms with Crippen LogP contribution in [0.15, 0.2) is 12.4 Å². The number of hydrogen-bond acceptors (Lipinski definition) is 3. The highest BCUT2D eigenvalue weighted by atomic mass is 16.3. The maximum Gasteiger partial charge on any atom is 0.257 e. The highest BCUT2D eigenvalue weighted by Gasteiger charge is 2.27. The van der Waals surface area contributed by atoms with E-state index in [4.69, 9.17) is 0 Å². The molecule has 1 fully saturated rings. The van der Waals surface area contributed by atoms with Crippen LogP contribution in [-0.2, 0) is 0 Å². The third-order valence-electron chi connectivity index (χ3n) is 3.10. The van der Waals surface area contributed by atoms with Crippen LogP contribution in [0.25, 0.3) is 0 Å². The van der Waals surface area contributed by atoms with Crippen LogP contribution >= 0.6 is 0 Å². The van der Waals surface area contributed by atoms with Gasteiger partial charge in [-0.2, -0.15) is 5.10 Å². The summed E-state index contributed by atoms with van der Waals surface area (Å²) in [4.78, 5) is 13.8. The van der Waals surface area contributed by atoms with Crippen molar-refractivity contribution in [2.24, 2.45) is 0 Å². The Morgan fingerprint density at radius 2 is 2.38 bits per heavy atom. The molecule has 0 bridgehead atoms. The smallest absolute Gasteiger partial charge is 0.257 e. The van der Waals surface area contributed by atoms with Gasteiger partial charge in [0.15, 0.2) is 0 Å². The molecular weight excluding hydrogens is 206 g/mol. The Labute approximate surface area is 94.5 Å². The minimum absolute atomic E-state index is 0.00792. The van der Waals surface area contributed by atoms with E-state index in [1.807, 2.05) is 6.92 Å². The molecule has 0 radical (unpaired) electrons. The first-order valence-corrected chi connectivity index (χ1v) is 5.59. The molecule has 0 saturated carbocycles. The van der Waals surface area contributed by atoms with Crippen molar-refractivity contribution >= 4 is 5.91 Å². The first-order chi connectivity index (χ1) is 7.58. The zero-order chi connectivity index (χ0) is 11.6. The van der Waals surface area contributed by atoms with Gasteiger partial charge in [0.1, 0.15) is 0 Å². The molecule has 2 N–H and O–H groups in total.